The minimum absolute atomic E-state index is 0.0628. The van der Waals surface area contributed by atoms with E-state index in [4.69, 9.17) is 32.7 Å². The third-order valence-corrected chi connectivity index (χ3v) is 9.62. The van der Waals surface area contributed by atoms with E-state index in [1.807, 2.05) is 13.0 Å². The first-order valence-electron chi connectivity index (χ1n) is 12.6. The molecule has 0 saturated heterocycles. The van der Waals surface area contributed by atoms with E-state index in [1.165, 1.54) is 25.5 Å². The van der Waals surface area contributed by atoms with Crippen LogP contribution in [0.15, 0.2) is 97.8 Å². The van der Waals surface area contributed by atoms with Gasteiger partial charge in [0.1, 0.15) is 13.2 Å². The maximum atomic E-state index is 13.6. The van der Waals surface area contributed by atoms with Crippen LogP contribution >= 0.6 is 55.1 Å². The predicted molar refractivity (Wildman–Crippen MR) is 177 cm³/mol. The highest BCUT2D eigenvalue weighted by Gasteiger charge is 2.27. The summed E-state index contributed by atoms with van der Waals surface area (Å²) in [5.41, 5.74) is 5.04. The number of rotatable bonds is 11. The normalized spacial score (nSPS) is 11.4. The summed E-state index contributed by atoms with van der Waals surface area (Å²) in [6.07, 6.45) is 1.41. The molecule has 0 aromatic heterocycles. The van der Waals surface area contributed by atoms with Gasteiger partial charge in [-0.2, -0.15) is 5.10 Å². The van der Waals surface area contributed by atoms with Crippen molar-refractivity contribution >= 4 is 82.9 Å². The summed E-state index contributed by atoms with van der Waals surface area (Å²) in [6.45, 7) is 1.58. The highest BCUT2D eigenvalue weighted by molar-refractivity contribution is 9.10. The molecule has 43 heavy (non-hydrogen) atoms. The second-order valence-corrected chi connectivity index (χ2v) is 13.6. The number of benzene rings is 4. The van der Waals surface area contributed by atoms with Crippen molar-refractivity contribution < 1.29 is 22.7 Å². The van der Waals surface area contributed by atoms with Gasteiger partial charge in [-0.1, -0.05) is 69.0 Å². The summed E-state index contributed by atoms with van der Waals surface area (Å²) < 4.78 is 40.8. The molecule has 0 saturated carbocycles. The van der Waals surface area contributed by atoms with Crippen LogP contribution in [0, 0.1) is 6.92 Å². The Morgan fingerprint density at radius 2 is 1.74 bits per heavy atom. The molecule has 4 rings (SSSR count). The zero-order valence-electron chi connectivity index (χ0n) is 22.9. The topological polar surface area (TPSA) is 97.3 Å². The van der Waals surface area contributed by atoms with Crippen molar-refractivity contribution in [3.05, 3.63) is 115 Å². The van der Waals surface area contributed by atoms with E-state index in [-0.39, 0.29) is 11.5 Å². The van der Waals surface area contributed by atoms with E-state index in [2.05, 4.69) is 42.4 Å². The number of carbonyl (C=O) groups is 1. The van der Waals surface area contributed by atoms with Crippen LogP contribution in [0.5, 0.6) is 11.5 Å². The molecule has 0 heterocycles. The second kappa shape index (κ2) is 14.6. The number of carbonyl (C=O) groups excluding carboxylic acids is 1. The van der Waals surface area contributed by atoms with Crippen molar-refractivity contribution in [2.45, 2.75) is 18.4 Å². The first kappa shape index (κ1) is 32.8. The fraction of sp³-hybridized carbons (Fsp3) is 0.133. The van der Waals surface area contributed by atoms with E-state index in [9.17, 15) is 13.2 Å². The molecule has 0 spiro atoms. The highest BCUT2D eigenvalue weighted by atomic mass is 79.9. The Hall–Kier alpha value is -3.09. The molecule has 0 radical (unpaired) electrons. The third-order valence-electron chi connectivity index (χ3n) is 6.01. The summed E-state index contributed by atoms with van der Waals surface area (Å²) in [5.74, 6) is 0.243. The van der Waals surface area contributed by atoms with Gasteiger partial charge in [0.2, 0.25) is 0 Å². The number of nitrogens with one attached hydrogen (secondary N) is 1. The molecular weight excluding hydrogens is 745 g/mol. The van der Waals surface area contributed by atoms with E-state index < -0.39 is 22.5 Å². The van der Waals surface area contributed by atoms with E-state index in [0.29, 0.717) is 41.7 Å². The van der Waals surface area contributed by atoms with E-state index >= 15 is 0 Å². The van der Waals surface area contributed by atoms with Gasteiger partial charge in [0.15, 0.2) is 11.5 Å². The van der Waals surface area contributed by atoms with Gasteiger partial charge >= 0.3 is 0 Å². The summed E-state index contributed by atoms with van der Waals surface area (Å²) in [7, 11) is -2.56. The lowest BCUT2D eigenvalue weighted by atomic mass is 10.2. The Morgan fingerprint density at radius 1 is 1.00 bits per heavy atom. The molecule has 0 aliphatic carbocycles. The minimum atomic E-state index is -4.06. The zero-order valence-corrected chi connectivity index (χ0v) is 28.4. The van der Waals surface area contributed by atoms with Crippen LogP contribution in [0.3, 0.4) is 0 Å². The maximum absolute atomic E-state index is 13.6. The third kappa shape index (κ3) is 8.51. The molecular formula is C30H25Br2Cl2N3O5S. The summed E-state index contributed by atoms with van der Waals surface area (Å²) in [5, 5.41) is 4.91. The Bertz CT molecular complexity index is 1770. The van der Waals surface area contributed by atoms with E-state index in [0.717, 1.165) is 15.4 Å². The molecule has 4 aromatic carbocycles. The molecule has 0 aliphatic heterocycles. The monoisotopic (exact) mass is 767 g/mol. The molecule has 1 N–H and O–H groups in total. The largest absolute Gasteiger partial charge is 0.493 e. The molecule has 13 heteroatoms. The maximum Gasteiger partial charge on any atom is 0.264 e. The van der Waals surface area contributed by atoms with Crippen LogP contribution in [0.4, 0.5) is 5.69 Å². The summed E-state index contributed by atoms with van der Waals surface area (Å²) in [4.78, 5) is 13.0. The minimum Gasteiger partial charge on any atom is -0.493 e. The predicted octanol–water partition coefficient (Wildman–Crippen LogP) is 7.76. The van der Waals surface area contributed by atoms with Crippen molar-refractivity contribution in [1.82, 2.24) is 5.43 Å². The molecule has 1 amide bonds. The summed E-state index contributed by atoms with van der Waals surface area (Å²) >= 11 is 18.9. The fourth-order valence-electron chi connectivity index (χ4n) is 3.87. The summed E-state index contributed by atoms with van der Waals surface area (Å²) in [6, 6.07) is 21.7. The number of anilines is 1. The van der Waals surface area contributed by atoms with Crippen LogP contribution in [0.25, 0.3) is 0 Å². The number of aryl methyl sites for hydroxylation is 1. The first-order chi connectivity index (χ1) is 20.5. The average molecular weight is 770 g/mol. The zero-order chi connectivity index (χ0) is 31.1. The first-order valence-corrected chi connectivity index (χ1v) is 16.4. The second-order valence-electron chi connectivity index (χ2n) is 9.17. The van der Waals surface area contributed by atoms with Gasteiger partial charge < -0.3 is 9.47 Å². The fourth-order valence-corrected chi connectivity index (χ4v) is 6.56. The van der Waals surface area contributed by atoms with Crippen molar-refractivity contribution in [3.63, 3.8) is 0 Å². The van der Waals surface area contributed by atoms with Crippen LogP contribution < -0.4 is 19.2 Å². The Kier molecular flexibility index (Phi) is 11.1. The SMILES string of the molecule is COc1cc(/C=N\NC(=O)CN(c2cccc(Br)c2)S(=O)(=O)c2ccc(C)cc2)cc(Br)c1OCc1ccc(Cl)c(Cl)c1. The molecule has 0 fully saturated rings. The number of methoxy groups -OCH3 is 1. The molecule has 4 aromatic rings. The van der Waals surface area contributed by atoms with Crippen LogP contribution in [0.2, 0.25) is 10.0 Å². The molecule has 0 bridgehead atoms. The van der Waals surface area contributed by atoms with Gasteiger partial charge in [0, 0.05) is 4.47 Å². The number of amides is 1. The molecule has 8 nitrogen and oxygen atoms in total. The van der Waals surface area contributed by atoms with Gasteiger partial charge in [-0.05, 0) is 88.6 Å². The molecule has 0 aliphatic rings. The number of nitrogens with zero attached hydrogens (tertiary/aromatic N) is 2. The lowest BCUT2D eigenvalue weighted by Gasteiger charge is -2.24. The van der Waals surface area contributed by atoms with Gasteiger partial charge in [0.25, 0.3) is 15.9 Å². The number of hydrazone groups is 1. The van der Waals surface area contributed by atoms with Gasteiger partial charge in [-0.3, -0.25) is 9.10 Å². The molecule has 0 unspecified atom stereocenters. The number of hydrogen-bond acceptors (Lipinski definition) is 6. The van der Waals surface area contributed by atoms with Gasteiger partial charge in [0.05, 0.1) is 38.4 Å². The quantitative estimate of drug-likeness (QED) is 0.124. The lowest BCUT2D eigenvalue weighted by molar-refractivity contribution is -0.119. The Balaban J connectivity index is 1.48. The molecule has 0 atom stereocenters. The number of halogens is 4. The van der Waals surface area contributed by atoms with Gasteiger partial charge in [-0.25, -0.2) is 13.8 Å². The van der Waals surface area contributed by atoms with Crippen molar-refractivity contribution in [2.24, 2.45) is 5.10 Å². The average Bonchev–Trinajstić information content (AvgIpc) is 2.97. The Morgan fingerprint density at radius 3 is 2.42 bits per heavy atom. The number of sulfonamides is 1. The number of hydrogen-bond donors (Lipinski definition) is 1. The lowest BCUT2D eigenvalue weighted by Crippen LogP contribution is -2.39. The Labute approximate surface area is 276 Å². The van der Waals surface area contributed by atoms with Crippen LogP contribution in [-0.2, 0) is 21.4 Å². The van der Waals surface area contributed by atoms with Crippen molar-refractivity contribution in [2.75, 3.05) is 18.0 Å². The smallest absolute Gasteiger partial charge is 0.264 e. The van der Waals surface area contributed by atoms with Crippen molar-refractivity contribution in [1.29, 1.82) is 0 Å². The highest BCUT2D eigenvalue weighted by Crippen LogP contribution is 2.37. The van der Waals surface area contributed by atoms with Crippen LogP contribution in [0.1, 0.15) is 16.7 Å². The van der Waals surface area contributed by atoms with E-state index in [1.54, 1.807) is 60.7 Å². The standard InChI is InChI=1S/C30H25Br2Cl2N3O5S/c1-19-6-9-24(10-7-19)43(39,40)37(23-5-3-4-22(31)15-23)17-29(38)36-35-16-21-12-25(32)30(28(14-21)41-2)42-18-20-8-11-26(33)27(34)13-20/h3-16H,17-18H2,1-2H3,(H,36,38)/b35-16-. The molecule has 224 valence electrons. The van der Waals surface area contributed by atoms with Crippen molar-refractivity contribution in [3.8, 4) is 11.5 Å². The van der Waals surface area contributed by atoms with Gasteiger partial charge in [-0.15, -0.1) is 0 Å². The number of ether oxygens (including phenoxy) is 2. The van der Waals surface area contributed by atoms with Crippen LogP contribution in [-0.4, -0.2) is 34.2 Å².